The van der Waals surface area contributed by atoms with Gasteiger partial charge in [-0.05, 0) is 12.5 Å². The molecule has 1 aliphatic heterocycles. The molecule has 1 aromatic carbocycles. The van der Waals surface area contributed by atoms with Crippen LogP contribution in [0.4, 0.5) is 0 Å². The summed E-state index contributed by atoms with van der Waals surface area (Å²) >= 11 is 0. The molecule has 0 aliphatic carbocycles. The Kier molecular flexibility index (Phi) is 3.58. The van der Waals surface area contributed by atoms with Gasteiger partial charge in [-0.15, -0.1) is 0 Å². The van der Waals surface area contributed by atoms with E-state index < -0.39 is 12.3 Å². The van der Waals surface area contributed by atoms with E-state index >= 15 is 0 Å². The lowest BCUT2D eigenvalue weighted by molar-refractivity contribution is -0.129. The standard InChI is InChI=1S/C15H18N4O3/c1-18(11-7-8-12(20)16-14(11)21)15(22)13-9-5-3-4-6-10(9)17-19(13)2/h3-6,11,14,21H,7-8H2,1-2H3,(H,16,20). The van der Waals surface area contributed by atoms with E-state index in [0.29, 0.717) is 18.5 Å². The molecule has 1 aliphatic rings. The monoisotopic (exact) mass is 302 g/mol. The minimum Gasteiger partial charge on any atom is -0.372 e. The van der Waals surface area contributed by atoms with E-state index in [2.05, 4.69) is 10.4 Å². The lowest BCUT2D eigenvalue weighted by atomic mass is 10.0. The van der Waals surface area contributed by atoms with Gasteiger partial charge in [-0.25, -0.2) is 0 Å². The number of amides is 2. The molecule has 2 amide bonds. The van der Waals surface area contributed by atoms with Crippen LogP contribution in [0, 0.1) is 0 Å². The molecule has 2 heterocycles. The van der Waals surface area contributed by atoms with Gasteiger partial charge in [-0.2, -0.15) is 5.10 Å². The van der Waals surface area contributed by atoms with Crippen molar-refractivity contribution in [3.05, 3.63) is 30.0 Å². The van der Waals surface area contributed by atoms with Crippen molar-refractivity contribution < 1.29 is 14.7 Å². The van der Waals surface area contributed by atoms with Gasteiger partial charge in [-0.3, -0.25) is 14.3 Å². The zero-order chi connectivity index (χ0) is 15.9. The van der Waals surface area contributed by atoms with Gasteiger partial charge in [0, 0.05) is 25.9 Å². The summed E-state index contributed by atoms with van der Waals surface area (Å²) in [6, 6.07) is 6.98. The predicted molar refractivity (Wildman–Crippen MR) is 80.0 cm³/mol. The van der Waals surface area contributed by atoms with Crippen molar-refractivity contribution in [2.45, 2.75) is 25.1 Å². The lowest BCUT2D eigenvalue weighted by Gasteiger charge is -2.35. The van der Waals surface area contributed by atoms with Crippen LogP contribution in [-0.4, -0.2) is 50.9 Å². The van der Waals surface area contributed by atoms with Crippen LogP contribution in [0.15, 0.2) is 24.3 Å². The summed E-state index contributed by atoms with van der Waals surface area (Å²) in [6.45, 7) is 0. The average Bonchev–Trinajstić information content (AvgIpc) is 2.81. The predicted octanol–water partition coefficient (Wildman–Crippen LogP) is 0.242. The maximum atomic E-state index is 12.8. The first-order valence-corrected chi connectivity index (χ1v) is 7.15. The van der Waals surface area contributed by atoms with Gasteiger partial charge in [0.05, 0.1) is 11.6 Å². The average molecular weight is 302 g/mol. The molecule has 7 heteroatoms. The van der Waals surface area contributed by atoms with Crippen molar-refractivity contribution in [2.24, 2.45) is 7.05 Å². The van der Waals surface area contributed by atoms with Crippen LogP contribution in [0.3, 0.4) is 0 Å². The minimum absolute atomic E-state index is 0.199. The third-order valence-corrected chi connectivity index (χ3v) is 4.10. The van der Waals surface area contributed by atoms with Gasteiger partial charge in [0.15, 0.2) is 0 Å². The molecule has 7 nitrogen and oxygen atoms in total. The Balaban J connectivity index is 1.92. The number of aliphatic hydroxyl groups excluding tert-OH is 1. The molecule has 2 unspecified atom stereocenters. The highest BCUT2D eigenvalue weighted by Gasteiger charge is 2.34. The Morgan fingerprint density at radius 1 is 1.45 bits per heavy atom. The number of nitrogens with zero attached hydrogens (tertiary/aromatic N) is 3. The zero-order valence-corrected chi connectivity index (χ0v) is 12.5. The molecule has 1 aromatic heterocycles. The Labute approximate surface area is 127 Å². The maximum Gasteiger partial charge on any atom is 0.272 e. The van der Waals surface area contributed by atoms with Crippen LogP contribution in [0.2, 0.25) is 0 Å². The van der Waals surface area contributed by atoms with Crippen molar-refractivity contribution in [1.29, 1.82) is 0 Å². The Hall–Kier alpha value is -2.41. The number of piperidine rings is 1. The smallest absolute Gasteiger partial charge is 0.272 e. The first-order chi connectivity index (χ1) is 10.5. The first-order valence-electron chi connectivity index (χ1n) is 7.15. The summed E-state index contributed by atoms with van der Waals surface area (Å²) in [6.07, 6.45) is -0.314. The second-order valence-electron chi connectivity index (χ2n) is 5.52. The van der Waals surface area contributed by atoms with Gasteiger partial charge in [0.2, 0.25) is 5.91 Å². The molecule has 0 radical (unpaired) electrons. The second kappa shape index (κ2) is 5.42. The van der Waals surface area contributed by atoms with E-state index in [9.17, 15) is 14.7 Å². The van der Waals surface area contributed by atoms with E-state index in [1.54, 1.807) is 18.8 Å². The zero-order valence-electron chi connectivity index (χ0n) is 12.5. The SMILES string of the molecule is CN(C(=O)c1c2ccccc2nn1C)C1CCC(=O)NC1O. The van der Waals surface area contributed by atoms with Gasteiger partial charge in [0.1, 0.15) is 11.9 Å². The summed E-state index contributed by atoms with van der Waals surface area (Å²) in [4.78, 5) is 25.6. The number of nitrogens with one attached hydrogen (secondary N) is 1. The number of likely N-dealkylation sites (N-methyl/N-ethyl adjacent to an activating group) is 1. The van der Waals surface area contributed by atoms with E-state index in [0.717, 1.165) is 10.9 Å². The van der Waals surface area contributed by atoms with Crippen LogP contribution >= 0.6 is 0 Å². The highest BCUT2D eigenvalue weighted by atomic mass is 16.3. The Bertz CT molecular complexity index is 739. The largest absolute Gasteiger partial charge is 0.372 e. The molecule has 22 heavy (non-hydrogen) atoms. The summed E-state index contributed by atoms with van der Waals surface area (Å²) in [5.74, 6) is -0.424. The maximum absolute atomic E-state index is 12.8. The third kappa shape index (κ3) is 2.33. The molecule has 2 aromatic rings. The quantitative estimate of drug-likeness (QED) is 0.832. The normalized spacial score (nSPS) is 21.7. The third-order valence-electron chi connectivity index (χ3n) is 4.10. The highest BCUT2D eigenvalue weighted by Crippen LogP contribution is 2.22. The number of benzene rings is 1. The first kappa shape index (κ1) is 14.5. The molecular weight excluding hydrogens is 284 g/mol. The summed E-state index contributed by atoms with van der Waals surface area (Å²) < 4.78 is 1.55. The Morgan fingerprint density at radius 2 is 2.18 bits per heavy atom. The van der Waals surface area contributed by atoms with Crippen LogP contribution < -0.4 is 5.32 Å². The fourth-order valence-electron chi connectivity index (χ4n) is 2.89. The molecule has 0 saturated carbocycles. The molecular formula is C15H18N4O3. The molecule has 1 saturated heterocycles. The highest BCUT2D eigenvalue weighted by molar-refractivity contribution is 6.05. The molecule has 1 fully saturated rings. The van der Waals surface area contributed by atoms with E-state index in [1.165, 1.54) is 4.90 Å². The van der Waals surface area contributed by atoms with Crippen LogP contribution in [0.5, 0.6) is 0 Å². The van der Waals surface area contributed by atoms with Gasteiger partial charge in [0.25, 0.3) is 5.91 Å². The number of aliphatic hydroxyl groups is 1. The summed E-state index contributed by atoms with van der Waals surface area (Å²) in [5, 5.41) is 17.6. The molecule has 0 bridgehead atoms. The molecule has 116 valence electrons. The van der Waals surface area contributed by atoms with E-state index in [1.807, 2.05) is 24.3 Å². The van der Waals surface area contributed by atoms with Crippen molar-refractivity contribution in [1.82, 2.24) is 20.0 Å². The van der Waals surface area contributed by atoms with Gasteiger partial charge >= 0.3 is 0 Å². The summed E-state index contributed by atoms with van der Waals surface area (Å²) in [5.41, 5.74) is 1.22. The number of hydrogen-bond donors (Lipinski definition) is 2. The van der Waals surface area contributed by atoms with Crippen molar-refractivity contribution in [2.75, 3.05) is 7.05 Å². The number of aryl methyl sites for hydroxylation is 1. The van der Waals surface area contributed by atoms with Crippen LogP contribution in [0.25, 0.3) is 10.9 Å². The van der Waals surface area contributed by atoms with Gasteiger partial charge in [-0.1, -0.05) is 18.2 Å². The topological polar surface area (TPSA) is 87.5 Å². The van der Waals surface area contributed by atoms with Crippen LogP contribution in [0.1, 0.15) is 23.3 Å². The molecule has 0 spiro atoms. The van der Waals surface area contributed by atoms with E-state index in [4.69, 9.17) is 0 Å². The number of aromatic nitrogens is 2. The number of hydrogen-bond acceptors (Lipinski definition) is 4. The number of rotatable bonds is 2. The van der Waals surface area contributed by atoms with Crippen molar-refractivity contribution >= 4 is 22.7 Å². The number of carbonyl (C=O) groups is 2. The number of carbonyl (C=O) groups excluding carboxylic acids is 2. The van der Waals surface area contributed by atoms with Crippen molar-refractivity contribution in [3.8, 4) is 0 Å². The molecule has 3 rings (SSSR count). The summed E-state index contributed by atoms with van der Waals surface area (Å²) in [7, 11) is 3.36. The van der Waals surface area contributed by atoms with Crippen molar-refractivity contribution in [3.63, 3.8) is 0 Å². The fourth-order valence-corrected chi connectivity index (χ4v) is 2.89. The second-order valence-corrected chi connectivity index (χ2v) is 5.52. The van der Waals surface area contributed by atoms with Crippen LogP contribution in [-0.2, 0) is 11.8 Å². The fraction of sp³-hybridized carbons (Fsp3) is 0.400. The molecule has 2 atom stereocenters. The van der Waals surface area contributed by atoms with E-state index in [-0.39, 0.29) is 11.8 Å². The lowest BCUT2D eigenvalue weighted by Crippen LogP contribution is -2.56. The minimum atomic E-state index is -1.05. The molecule has 2 N–H and O–H groups in total. The number of fused-ring (bicyclic) bond motifs is 1. The van der Waals surface area contributed by atoms with Gasteiger partial charge < -0.3 is 15.3 Å². The Morgan fingerprint density at radius 3 is 2.91 bits per heavy atom.